The van der Waals surface area contributed by atoms with E-state index in [2.05, 4.69) is 20.1 Å². The third-order valence-electron chi connectivity index (χ3n) is 11.2. The smallest absolute Gasteiger partial charge is 0.258 e. The molecule has 4 fully saturated rings. The third-order valence-corrected chi connectivity index (χ3v) is 11.2. The van der Waals surface area contributed by atoms with Crippen molar-refractivity contribution < 1.29 is 33.0 Å². The van der Waals surface area contributed by atoms with Crippen LogP contribution in [0.3, 0.4) is 0 Å². The largest absolute Gasteiger partial charge is 0.493 e. The van der Waals surface area contributed by atoms with Crippen molar-refractivity contribution >= 4 is 17.6 Å². The van der Waals surface area contributed by atoms with Gasteiger partial charge in [0.05, 0.1) is 55.7 Å². The number of aromatic nitrogens is 1. The van der Waals surface area contributed by atoms with E-state index in [0.29, 0.717) is 49.5 Å². The van der Waals surface area contributed by atoms with Crippen LogP contribution in [0.25, 0.3) is 0 Å². The zero-order valence-electron chi connectivity index (χ0n) is 28.4. The van der Waals surface area contributed by atoms with E-state index in [9.17, 15) is 14.4 Å². The molecule has 1 aromatic carbocycles. The van der Waals surface area contributed by atoms with Crippen molar-refractivity contribution in [1.29, 1.82) is 0 Å². The monoisotopic (exact) mass is 675 g/mol. The van der Waals surface area contributed by atoms with Gasteiger partial charge in [0.1, 0.15) is 6.17 Å². The molecule has 2 saturated heterocycles. The number of nitrogens with zero attached hydrogens (tertiary/aromatic N) is 4. The number of carbonyl (C=O) groups excluding carboxylic acids is 3. The van der Waals surface area contributed by atoms with Gasteiger partial charge in [-0.15, -0.1) is 0 Å². The number of benzene rings is 1. The number of ketones is 1. The highest BCUT2D eigenvalue weighted by atomic mass is 19.1. The minimum Gasteiger partial charge on any atom is -0.493 e. The van der Waals surface area contributed by atoms with E-state index in [0.717, 1.165) is 31.4 Å². The van der Waals surface area contributed by atoms with Crippen molar-refractivity contribution in [3.05, 3.63) is 65.6 Å². The van der Waals surface area contributed by atoms with Gasteiger partial charge >= 0.3 is 0 Å². The van der Waals surface area contributed by atoms with E-state index in [4.69, 9.17) is 14.2 Å². The van der Waals surface area contributed by atoms with Crippen LogP contribution in [0, 0.1) is 5.92 Å². The molecule has 5 aliphatic rings. The van der Waals surface area contributed by atoms with Crippen molar-refractivity contribution in [2.24, 2.45) is 5.92 Å². The lowest BCUT2D eigenvalue weighted by Gasteiger charge is -2.60. The minimum atomic E-state index is -1.33. The lowest BCUT2D eigenvalue weighted by Crippen LogP contribution is -2.73. The molecule has 8 atom stereocenters. The lowest BCUT2D eigenvalue weighted by atomic mass is 9.69. The number of rotatable bonds is 9. The zero-order valence-corrected chi connectivity index (χ0v) is 28.4. The second-order valence-corrected chi connectivity index (χ2v) is 14.0. The Morgan fingerprint density at radius 1 is 1.08 bits per heavy atom. The summed E-state index contributed by atoms with van der Waals surface area (Å²) in [5.74, 6) is -0.747. The van der Waals surface area contributed by atoms with Crippen molar-refractivity contribution in [1.82, 2.24) is 25.0 Å². The number of hydrogen-bond donors (Lipinski definition) is 1. The fraction of sp³-hybridized carbons (Fsp3) is 0.568. The Bertz CT molecular complexity index is 1590. The zero-order chi connectivity index (χ0) is 34.2. The van der Waals surface area contributed by atoms with E-state index >= 15 is 4.39 Å². The molecular formula is C37H46FN5O6. The molecule has 8 unspecified atom stereocenters. The van der Waals surface area contributed by atoms with Crippen LogP contribution in [0.1, 0.15) is 54.6 Å². The van der Waals surface area contributed by atoms with E-state index in [-0.39, 0.29) is 53.8 Å². The van der Waals surface area contributed by atoms with Crippen molar-refractivity contribution in [3.63, 3.8) is 0 Å². The summed E-state index contributed by atoms with van der Waals surface area (Å²) < 4.78 is 34.2. The highest BCUT2D eigenvalue weighted by Gasteiger charge is 2.60. The number of halogens is 1. The molecule has 2 aliphatic carbocycles. The van der Waals surface area contributed by atoms with Crippen LogP contribution in [0.4, 0.5) is 4.39 Å². The molecule has 49 heavy (non-hydrogen) atoms. The maximum Gasteiger partial charge on any atom is 0.258 e. The van der Waals surface area contributed by atoms with Gasteiger partial charge in [-0.1, -0.05) is 25.0 Å². The molecule has 0 radical (unpaired) electrons. The number of likely N-dealkylation sites (N-methyl/N-ethyl adjacent to an activating group) is 1. The van der Waals surface area contributed by atoms with Crippen LogP contribution >= 0.6 is 0 Å². The fourth-order valence-corrected chi connectivity index (χ4v) is 8.79. The van der Waals surface area contributed by atoms with Crippen molar-refractivity contribution in [2.75, 3.05) is 40.9 Å². The van der Waals surface area contributed by atoms with Crippen molar-refractivity contribution in [2.45, 2.75) is 87.5 Å². The highest BCUT2D eigenvalue weighted by Crippen LogP contribution is 2.47. The Hall–Kier alpha value is -4.03. The number of carbonyl (C=O) groups is 3. The van der Waals surface area contributed by atoms with Crippen LogP contribution < -0.4 is 14.8 Å². The molecule has 11 nitrogen and oxygen atoms in total. The molecule has 12 heteroatoms. The Balaban J connectivity index is 1.10. The molecule has 4 heterocycles. The summed E-state index contributed by atoms with van der Waals surface area (Å²) in [7, 11) is 4.73. The number of amides is 2. The van der Waals surface area contributed by atoms with E-state index in [1.54, 1.807) is 42.5 Å². The molecular weight excluding hydrogens is 629 g/mol. The average molecular weight is 676 g/mol. The summed E-state index contributed by atoms with van der Waals surface area (Å²) >= 11 is 0. The number of nitrogens with one attached hydrogen (secondary N) is 1. The van der Waals surface area contributed by atoms with Crippen LogP contribution in [-0.4, -0.2) is 121 Å². The van der Waals surface area contributed by atoms with Gasteiger partial charge in [-0.3, -0.25) is 24.3 Å². The summed E-state index contributed by atoms with van der Waals surface area (Å²) in [5.41, 5.74) is 1.38. The maximum absolute atomic E-state index is 16.6. The van der Waals surface area contributed by atoms with Crippen LogP contribution in [0.15, 0.2) is 54.4 Å². The molecule has 1 N–H and O–H groups in total. The van der Waals surface area contributed by atoms with Gasteiger partial charge < -0.3 is 29.3 Å². The summed E-state index contributed by atoms with van der Waals surface area (Å²) in [6, 6.07) is 9.76. The van der Waals surface area contributed by atoms with Crippen LogP contribution in [-0.2, 0) is 20.7 Å². The van der Waals surface area contributed by atoms with Gasteiger partial charge in [-0.2, -0.15) is 0 Å². The normalized spacial score (nSPS) is 30.9. The molecule has 2 aromatic rings. The summed E-state index contributed by atoms with van der Waals surface area (Å²) in [6.07, 6.45) is 6.60. The van der Waals surface area contributed by atoms with E-state index in [1.807, 2.05) is 18.2 Å². The van der Waals surface area contributed by atoms with Gasteiger partial charge in [0.15, 0.2) is 17.3 Å². The first-order chi connectivity index (χ1) is 23.8. The van der Waals surface area contributed by atoms with E-state index in [1.165, 1.54) is 14.2 Å². The van der Waals surface area contributed by atoms with Gasteiger partial charge in [-0.25, -0.2) is 4.39 Å². The number of ether oxygens (including phenoxy) is 3. The first-order valence-electron chi connectivity index (χ1n) is 17.5. The third kappa shape index (κ3) is 6.29. The Morgan fingerprint density at radius 2 is 1.92 bits per heavy atom. The predicted octanol–water partition coefficient (Wildman–Crippen LogP) is 3.18. The molecule has 2 amide bonds. The molecule has 2 saturated carbocycles. The number of pyridine rings is 1. The van der Waals surface area contributed by atoms with Crippen molar-refractivity contribution in [3.8, 4) is 11.5 Å². The maximum atomic E-state index is 16.6. The number of hydrogen-bond acceptors (Lipinski definition) is 9. The minimum absolute atomic E-state index is 0.0265. The number of morpholine rings is 1. The SMILES string of the molecule is COc1cccc(C(=O)NC2CCN(C3C(F)CC4C(=O)C(C(=O)N(C)CCc5ccccn5)=CN5C6CCCCC6OC3C45)C2)c1OC. The highest BCUT2D eigenvalue weighted by molar-refractivity contribution is 6.20. The Kier molecular flexibility index (Phi) is 9.61. The summed E-state index contributed by atoms with van der Waals surface area (Å²) in [4.78, 5) is 51.5. The first kappa shape index (κ1) is 33.5. The molecule has 0 bridgehead atoms. The first-order valence-corrected chi connectivity index (χ1v) is 17.5. The number of para-hydroxylation sites is 1. The molecule has 7 rings (SSSR count). The summed E-state index contributed by atoms with van der Waals surface area (Å²) in [6.45, 7) is 1.46. The second kappa shape index (κ2) is 14.1. The van der Waals surface area contributed by atoms with Crippen LogP contribution in [0.5, 0.6) is 11.5 Å². The van der Waals surface area contributed by atoms with E-state index < -0.39 is 24.2 Å². The number of fused-ring (bicyclic) bond motifs is 2. The standard InChI is InChI=1S/C37H46FN5O6/c1-41(17-14-22-9-6-7-16-39-22)37(46)26-21-43-28-11-4-5-12-29(28)49-35-31(43)25(33(26)44)19-27(38)32(35)42-18-15-23(20-42)40-36(45)24-10-8-13-30(47-2)34(24)48-3/h6-10,13,16,21,23,25,27-29,31-32,35H,4-5,11-12,14-15,17-20H2,1-3H3,(H,40,45). The number of likely N-dealkylation sites (tertiary alicyclic amines) is 1. The average Bonchev–Trinajstić information content (AvgIpc) is 3.58. The Labute approximate surface area is 286 Å². The Morgan fingerprint density at radius 3 is 2.69 bits per heavy atom. The quantitative estimate of drug-likeness (QED) is 0.401. The van der Waals surface area contributed by atoms with Gasteiger partial charge in [0.2, 0.25) is 0 Å². The molecule has 0 spiro atoms. The lowest BCUT2D eigenvalue weighted by molar-refractivity contribution is -0.210. The number of methoxy groups -OCH3 is 2. The van der Waals surface area contributed by atoms with Gasteiger partial charge in [-0.05, 0) is 49.9 Å². The molecule has 262 valence electrons. The molecule has 3 aliphatic heterocycles. The van der Waals surface area contributed by atoms with Crippen LogP contribution in [0.2, 0.25) is 0 Å². The number of Topliss-reactive ketones (excluding diaryl/α,β-unsaturated/α-hetero) is 1. The van der Waals surface area contributed by atoms with Gasteiger partial charge in [0, 0.05) is 63.2 Å². The predicted molar refractivity (Wildman–Crippen MR) is 179 cm³/mol. The second-order valence-electron chi connectivity index (χ2n) is 14.0. The number of alkyl halides is 1. The molecule has 1 aromatic heterocycles. The van der Waals surface area contributed by atoms with Gasteiger partial charge in [0.25, 0.3) is 11.8 Å². The fourth-order valence-electron chi connectivity index (χ4n) is 8.79. The summed E-state index contributed by atoms with van der Waals surface area (Å²) in [5, 5.41) is 3.12. The topological polar surface area (TPSA) is 114 Å².